The Morgan fingerprint density at radius 2 is 1.17 bits per heavy atom. The summed E-state index contributed by atoms with van der Waals surface area (Å²) >= 11 is 5.43. The summed E-state index contributed by atoms with van der Waals surface area (Å²) in [6.45, 7) is 4.95. The summed E-state index contributed by atoms with van der Waals surface area (Å²) in [6.07, 6.45) is 3.67. The van der Waals surface area contributed by atoms with E-state index in [1.807, 2.05) is 13.8 Å². The number of ether oxygens (including phenoxy) is 2. The standard InChI is InChI=1S/C23H27NO4S/c1-3-5-15-27-22(25)18-9-7-17(8-10-18)21(29)24-20-13-11-19(12-14-20)23(26)28-16-6-4-2/h7-14H,3-6,15-16H2,1-2H3,(H,24,29). The van der Waals surface area contributed by atoms with E-state index in [-0.39, 0.29) is 11.9 Å². The molecule has 2 aromatic carbocycles. The molecule has 0 bridgehead atoms. The van der Waals surface area contributed by atoms with Crippen LogP contribution < -0.4 is 5.32 Å². The fourth-order valence-electron chi connectivity index (χ4n) is 2.44. The van der Waals surface area contributed by atoms with E-state index in [9.17, 15) is 9.59 Å². The maximum atomic E-state index is 12.0. The summed E-state index contributed by atoms with van der Waals surface area (Å²) in [5.41, 5.74) is 2.55. The lowest BCUT2D eigenvalue weighted by atomic mass is 10.1. The highest BCUT2D eigenvalue weighted by Crippen LogP contribution is 2.14. The van der Waals surface area contributed by atoms with Gasteiger partial charge in [-0.05, 0) is 49.2 Å². The van der Waals surface area contributed by atoms with Gasteiger partial charge in [-0.3, -0.25) is 0 Å². The van der Waals surface area contributed by atoms with Gasteiger partial charge < -0.3 is 14.8 Å². The number of benzene rings is 2. The van der Waals surface area contributed by atoms with E-state index in [4.69, 9.17) is 21.7 Å². The van der Waals surface area contributed by atoms with Crippen molar-refractivity contribution >= 4 is 34.8 Å². The summed E-state index contributed by atoms with van der Waals surface area (Å²) in [5.74, 6) is -0.653. The maximum absolute atomic E-state index is 12.0. The van der Waals surface area contributed by atoms with Gasteiger partial charge in [-0.25, -0.2) is 9.59 Å². The molecule has 0 spiro atoms. The minimum Gasteiger partial charge on any atom is -0.462 e. The van der Waals surface area contributed by atoms with Crippen LogP contribution in [-0.2, 0) is 9.47 Å². The molecule has 2 aromatic rings. The van der Waals surface area contributed by atoms with Crippen LogP contribution in [0.4, 0.5) is 5.69 Å². The number of esters is 2. The molecule has 29 heavy (non-hydrogen) atoms. The van der Waals surface area contributed by atoms with Crippen molar-refractivity contribution in [1.29, 1.82) is 0 Å². The molecule has 0 amide bonds. The normalized spacial score (nSPS) is 10.3. The summed E-state index contributed by atoms with van der Waals surface area (Å²) < 4.78 is 10.4. The Labute approximate surface area is 177 Å². The fourth-order valence-corrected chi connectivity index (χ4v) is 2.69. The van der Waals surface area contributed by atoms with Gasteiger partial charge in [0.25, 0.3) is 0 Å². The monoisotopic (exact) mass is 413 g/mol. The average molecular weight is 414 g/mol. The quantitative estimate of drug-likeness (QED) is 0.320. The third kappa shape index (κ3) is 7.31. The highest BCUT2D eigenvalue weighted by atomic mass is 32.1. The molecule has 154 valence electrons. The maximum Gasteiger partial charge on any atom is 0.338 e. The van der Waals surface area contributed by atoms with Gasteiger partial charge in [0, 0.05) is 11.3 Å². The van der Waals surface area contributed by atoms with E-state index < -0.39 is 0 Å². The van der Waals surface area contributed by atoms with Crippen molar-refractivity contribution in [2.75, 3.05) is 18.5 Å². The van der Waals surface area contributed by atoms with E-state index in [0.29, 0.717) is 29.3 Å². The molecule has 0 aromatic heterocycles. The van der Waals surface area contributed by atoms with Crippen LogP contribution in [0.15, 0.2) is 48.5 Å². The highest BCUT2D eigenvalue weighted by Gasteiger charge is 2.10. The van der Waals surface area contributed by atoms with Crippen molar-refractivity contribution < 1.29 is 19.1 Å². The Morgan fingerprint density at radius 3 is 1.62 bits per heavy atom. The molecule has 0 radical (unpaired) electrons. The van der Waals surface area contributed by atoms with Crippen LogP contribution in [0.2, 0.25) is 0 Å². The first kappa shape index (κ1) is 22.6. The van der Waals surface area contributed by atoms with Gasteiger partial charge >= 0.3 is 11.9 Å². The molecule has 0 heterocycles. The van der Waals surface area contributed by atoms with Gasteiger partial charge in [-0.1, -0.05) is 51.0 Å². The number of carbonyl (C=O) groups is 2. The zero-order chi connectivity index (χ0) is 21.1. The van der Waals surface area contributed by atoms with Crippen LogP contribution in [0, 0.1) is 0 Å². The summed E-state index contributed by atoms with van der Waals surface area (Å²) in [7, 11) is 0. The number of thiocarbonyl (C=S) groups is 1. The predicted octanol–water partition coefficient (Wildman–Crippen LogP) is 5.39. The first-order chi connectivity index (χ1) is 14.0. The third-order valence-electron chi connectivity index (χ3n) is 4.22. The first-order valence-corrected chi connectivity index (χ1v) is 10.3. The molecule has 2 rings (SSSR count). The average Bonchev–Trinajstić information content (AvgIpc) is 2.74. The van der Waals surface area contributed by atoms with Gasteiger partial charge in [0.15, 0.2) is 0 Å². The lowest BCUT2D eigenvalue weighted by molar-refractivity contribution is 0.0490. The fraction of sp³-hybridized carbons (Fsp3) is 0.348. The number of unbranched alkanes of at least 4 members (excludes halogenated alkanes) is 2. The second-order valence-electron chi connectivity index (χ2n) is 6.59. The molecule has 6 heteroatoms. The number of nitrogens with one attached hydrogen (secondary N) is 1. The molecule has 0 atom stereocenters. The molecule has 0 saturated heterocycles. The Hall–Kier alpha value is -2.73. The number of rotatable bonds is 10. The zero-order valence-corrected chi connectivity index (χ0v) is 17.7. The number of hydrogen-bond acceptors (Lipinski definition) is 5. The molecule has 0 saturated carbocycles. The van der Waals surface area contributed by atoms with Crippen LogP contribution in [-0.4, -0.2) is 30.1 Å². The highest BCUT2D eigenvalue weighted by molar-refractivity contribution is 7.81. The third-order valence-corrected chi connectivity index (χ3v) is 4.56. The van der Waals surface area contributed by atoms with E-state index in [1.54, 1.807) is 48.5 Å². The Balaban J connectivity index is 1.91. The van der Waals surface area contributed by atoms with E-state index in [0.717, 1.165) is 36.9 Å². The van der Waals surface area contributed by atoms with E-state index >= 15 is 0 Å². The SMILES string of the molecule is CCCCOC(=O)c1ccc(NC(=S)c2ccc(C(=O)OCCCC)cc2)cc1. The lowest BCUT2D eigenvalue weighted by Crippen LogP contribution is -2.12. The molecule has 0 unspecified atom stereocenters. The van der Waals surface area contributed by atoms with Gasteiger partial charge in [0.2, 0.25) is 0 Å². The molecule has 0 fully saturated rings. The second kappa shape index (κ2) is 12.0. The molecule has 0 aliphatic rings. The number of anilines is 1. The van der Waals surface area contributed by atoms with Crippen LogP contribution in [0.3, 0.4) is 0 Å². The van der Waals surface area contributed by atoms with Crippen LogP contribution in [0.25, 0.3) is 0 Å². The summed E-state index contributed by atoms with van der Waals surface area (Å²) in [5, 5.41) is 3.13. The summed E-state index contributed by atoms with van der Waals surface area (Å²) in [6, 6.07) is 13.9. The van der Waals surface area contributed by atoms with E-state index in [2.05, 4.69) is 5.32 Å². The Bertz CT molecular complexity index is 816. The van der Waals surface area contributed by atoms with Gasteiger partial charge in [0.1, 0.15) is 4.99 Å². The minimum atomic E-state index is -0.328. The largest absolute Gasteiger partial charge is 0.462 e. The zero-order valence-electron chi connectivity index (χ0n) is 16.9. The Morgan fingerprint density at radius 1 is 0.759 bits per heavy atom. The minimum absolute atomic E-state index is 0.325. The first-order valence-electron chi connectivity index (χ1n) is 9.90. The number of hydrogen-bond donors (Lipinski definition) is 1. The van der Waals surface area contributed by atoms with Gasteiger partial charge in [0.05, 0.1) is 24.3 Å². The van der Waals surface area contributed by atoms with Gasteiger partial charge in [-0.15, -0.1) is 0 Å². The molecule has 5 nitrogen and oxygen atoms in total. The van der Waals surface area contributed by atoms with Crippen LogP contribution in [0.1, 0.15) is 65.8 Å². The van der Waals surface area contributed by atoms with Crippen LogP contribution >= 0.6 is 12.2 Å². The topological polar surface area (TPSA) is 64.6 Å². The summed E-state index contributed by atoms with van der Waals surface area (Å²) in [4.78, 5) is 24.4. The molecule has 0 aliphatic heterocycles. The molecule has 1 N–H and O–H groups in total. The van der Waals surface area contributed by atoms with E-state index in [1.165, 1.54) is 0 Å². The second-order valence-corrected chi connectivity index (χ2v) is 7.00. The predicted molar refractivity (Wildman–Crippen MR) is 119 cm³/mol. The van der Waals surface area contributed by atoms with Crippen molar-refractivity contribution in [3.05, 3.63) is 65.2 Å². The van der Waals surface area contributed by atoms with Crippen molar-refractivity contribution in [2.45, 2.75) is 39.5 Å². The molecule has 0 aliphatic carbocycles. The molecular weight excluding hydrogens is 386 g/mol. The van der Waals surface area contributed by atoms with Crippen molar-refractivity contribution in [1.82, 2.24) is 0 Å². The lowest BCUT2D eigenvalue weighted by Gasteiger charge is -2.10. The van der Waals surface area contributed by atoms with Crippen molar-refractivity contribution in [3.63, 3.8) is 0 Å². The Kier molecular flexibility index (Phi) is 9.31. The van der Waals surface area contributed by atoms with Crippen molar-refractivity contribution in [3.8, 4) is 0 Å². The van der Waals surface area contributed by atoms with Gasteiger partial charge in [-0.2, -0.15) is 0 Å². The van der Waals surface area contributed by atoms with Crippen molar-refractivity contribution in [2.24, 2.45) is 0 Å². The number of carbonyl (C=O) groups excluding carboxylic acids is 2. The smallest absolute Gasteiger partial charge is 0.338 e. The van der Waals surface area contributed by atoms with Crippen LogP contribution in [0.5, 0.6) is 0 Å². The molecular formula is C23H27NO4S.